The van der Waals surface area contributed by atoms with Gasteiger partial charge < -0.3 is 29.0 Å². The highest BCUT2D eigenvalue weighted by molar-refractivity contribution is 6.02. The summed E-state index contributed by atoms with van der Waals surface area (Å²) in [6.07, 6.45) is 2.48. The molecule has 0 saturated heterocycles. The third-order valence-corrected chi connectivity index (χ3v) is 5.85. The minimum Gasteiger partial charge on any atom is -0.454 e. The quantitative estimate of drug-likeness (QED) is 0.653. The van der Waals surface area contributed by atoms with Crippen molar-refractivity contribution in [2.45, 2.75) is 38.8 Å². The van der Waals surface area contributed by atoms with Crippen LogP contribution in [0.2, 0.25) is 0 Å². The number of ether oxygens (including phenoxy) is 3. The molecule has 10 nitrogen and oxygen atoms in total. The molecule has 10 heteroatoms. The first-order chi connectivity index (χ1) is 16.7. The van der Waals surface area contributed by atoms with E-state index in [2.05, 4.69) is 5.32 Å². The Morgan fingerprint density at radius 3 is 2.69 bits per heavy atom. The zero-order valence-corrected chi connectivity index (χ0v) is 20.9. The average Bonchev–Trinajstić information content (AvgIpc) is 3.53. The van der Waals surface area contributed by atoms with Gasteiger partial charge in [-0.05, 0) is 50.6 Å². The van der Waals surface area contributed by atoms with E-state index in [0.29, 0.717) is 24.5 Å². The average molecular weight is 484 g/mol. The van der Waals surface area contributed by atoms with E-state index in [4.69, 9.17) is 19.3 Å². The van der Waals surface area contributed by atoms with E-state index in [-0.39, 0.29) is 37.9 Å². The van der Waals surface area contributed by atoms with Crippen molar-refractivity contribution >= 4 is 17.6 Å². The summed E-state index contributed by atoms with van der Waals surface area (Å²) in [5, 5.41) is 9.14. The first kappa shape index (κ1) is 24.6. The summed E-state index contributed by atoms with van der Waals surface area (Å²) in [6.45, 7) is 6.33. The van der Waals surface area contributed by atoms with Crippen LogP contribution < -0.4 is 14.8 Å². The predicted octanol–water partition coefficient (Wildman–Crippen LogP) is 2.89. The zero-order valence-electron chi connectivity index (χ0n) is 20.9. The van der Waals surface area contributed by atoms with Crippen molar-refractivity contribution in [3.05, 3.63) is 47.8 Å². The van der Waals surface area contributed by atoms with E-state index in [1.165, 1.54) is 9.91 Å². The van der Waals surface area contributed by atoms with Gasteiger partial charge in [0.1, 0.15) is 6.54 Å². The Labute approximate surface area is 205 Å². The molecule has 4 rings (SSSR count). The van der Waals surface area contributed by atoms with Crippen molar-refractivity contribution in [2.75, 3.05) is 33.6 Å². The molecular weight excluding hydrogens is 450 g/mol. The highest BCUT2D eigenvalue weighted by atomic mass is 16.7. The summed E-state index contributed by atoms with van der Waals surface area (Å²) in [5.74, 6) is 1.04. The number of benzene rings is 1. The molecule has 1 atom stereocenters. The molecule has 0 radical (unpaired) electrons. The van der Waals surface area contributed by atoms with Crippen molar-refractivity contribution < 1.29 is 23.8 Å². The second-order valence-corrected chi connectivity index (χ2v) is 9.72. The van der Waals surface area contributed by atoms with Crippen LogP contribution >= 0.6 is 0 Å². The van der Waals surface area contributed by atoms with Gasteiger partial charge in [0, 0.05) is 38.9 Å². The molecule has 0 spiro atoms. The number of rotatable bonds is 7. The Hall–Kier alpha value is -3.53. The fraction of sp³-hybridized carbons (Fsp3) is 0.480. The largest absolute Gasteiger partial charge is 0.454 e. The van der Waals surface area contributed by atoms with Gasteiger partial charge in [-0.3, -0.25) is 4.79 Å². The number of carbonyl (C=O) groups is 2. The molecule has 0 fully saturated rings. The van der Waals surface area contributed by atoms with Crippen molar-refractivity contribution in [1.29, 1.82) is 0 Å². The summed E-state index contributed by atoms with van der Waals surface area (Å²) in [6, 6.07) is 8.93. The predicted molar refractivity (Wildman–Crippen MR) is 130 cm³/mol. The van der Waals surface area contributed by atoms with E-state index in [1.54, 1.807) is 7.11 Å². The number of amides is 3. The number of hydrogen-bond donors (Lipinski definition) is 1. The molecule has 1 aromatic carbocycles. The normalized spacial score (nSPS) is 16.9. The molecule has 3 heterocycles. The van der Waals surface area contributed by atoms with E-state index in [1.807, 2.05) is 68.9 Å². The van der Waals surface area contributed by atoms with Crippen LogP contribution in [0.3, 0.4) is 0 Å². The highest BCUT2D eigenvalue weighted by Gasteiger charge is 2.36. The van der Waals surface area contributed by atoms with Crippen LogP contribution in [0.25, 0.3) is 0 Å². The SMILES string of the molecule is COCCN(CC(=O)N1N=C(c2cccn2C)C[C@@H]1c1ccc2c(c1)OCO2)C(=O)NC(C)(C)C. The molecule has 2 aliphatic rings. The number of aryl methyl sites for hydroxylation is 1. The Morgan fingerprint density at radius 2 is 2.00 bits per heavy atom. The molecule has 2 aliphatic heterocycles. The van der Waals surface area contributed by atoms with Gasteiger partial charge in [-0.25, -0.2) is 9.80 Å². The summed E-state index contributed by atoms with van der Waals surface area (Å²) < 4.78 is 18.1. The van der Waals surface area contributed by atoms with Crippen LogP contribution in [0.5, 0.6) is 11.5 Å². The van der Waals surface area contributed by atoms with Gasteiger partial charge in [0.05, 0.1) is 24.1 Å². The lowest BCUT2D eigenvalue weighted by molar-refractivity contribution is -0.133. The Balaban J connectivity index is 1.61. The Morgan fingerprint density at radius 1 is 1.23 bits per heavy atom. The first-order valence-corrected chi connectivity index (χ1v) is 11.6. The minimum absolute atomic E-state index is 0.129. The number of aromatic nitrogens is 1. The Bertz CT molecular complexity index is 1120. The fourth-order valence-electron chi connectivity index (χ4n) is 4.13. The number of hydrogen-bond acceptors (Lipinski definition) is 6. The topological polar surface area (TPSA) is 97.6 Å². The lowest BCUT2D eigenvalue weighted by atomic mass is 10.00. The number of methoxy groups -OCH3 is 1. The van der Waals surface area contributed by atoms with Crippen LogP contribution in [0.15, 0.2) is 41.6 Å². The van der Waals surface area contributed by atoms with Gasteiger partial charge in [0.2, 0.25) is 6.79 Å². The number of urea groups is 1. The smallest absolute Gasteiger partial charge is 0.318 e. The van der Waals surface area contributed by atoms with E-state index in [9.17, 15) is 9.59 Å². The second-order valence-electron chi connectivity index (χ2n) is 9.72. The molecule has 35 heavy (non-hydrogen) atoms. The lowest BCUT2D eigenvalue weighted by Crippen LogP contribution is -2.52. The molecule has 188 valence electrons. The zero-order chi connectivity index (χ0) is 25.2. The van der Waals surface area contributed by atoms with Crippen molar-refractivity contribution in [3.63, 3.8) is 0 Å². The lowest BCUT2D eigenvalue weighted by Gasteiger charge is -2.30. The fourth-order valence-corrected chi connectivity index (χ4v) is 4.13. The number of carbonyl (C=O) groups excluding carboxylic acids is 2. The maximum Gasteiger partial charge on any atom is 0.318 e. The third kappa shape index (κ3) is 5.59. The van der Waals surface area contributed by atoms with Crippen molar-refractivity contribution in [3.8, 4) is 11.5 Å². The first-order valence-electron chi connectivity index (χ1n) is 11.6. The molecule has 0 aliphatic carbocycles. The molecule has 0 bridgehead atoms. The summed E-state index contributed by atoms with van der Waals surface area (Å²) >= 11 is 0. The monoisotopic (exact) mass is 483 g/mol. The van der Waals surface area contributed by atoms with Gasteiger partial charge in [0.25, 0.3) is 5.91 Å². The van der Waals surface area contributed by atoms with Crippen LogP contribution in [-0.2, 0) is 16.6 Å². The van der Waals surface area contributed by atoms with E-state index < -0.39 is 5.54 Å². The van der Waals surface area contributed by atoms with Gasteiger partial charge >= 0.3 is 6.03 Å². The number of nitrogens with zero attached hydrogens (tertiary/aromatic N) is 4. The summed E-state index contributed by atoms with van der Waals surface area (Å²) in [5.41, 5.74) is 2.19. The minimum atomic E-state index is -0.439. The molecule has 2 aromatic rings. The van der Waals surface area contributed by atoms with Crippen molar-refractivity contribution in [2.24, 2.45) is 12.1 Å². The second kappa shape index (κ2) is 9.99. The van der Waals surface area contributed by atoms with Crippen LogP contribution in [-0.4, -0.2) is 71.3 Å². The standard InChI is InChI=1S/C25H33N5O5/c1-25(2,3)26-24(32)29(11-12-33-5)15-23(31)30-20(14-18(27-30)19-7-6-10-28(19)4)17-8-9-21-22(13-17)35-16-34-21/h6-10,13,20H,11-12,14-16H2,1-5H3,(H,26,32)/t20-/m1/s1. The maximum absolute atomic E-state index is 13.6. The molecule has 1 N–H and O–H groups in total. The van der Waals surface area contributed by atoms with E-state index >= 15 is 0 Å². The van der Waals surface area contributed by atoms with Crippen LogP contribution in [0, 0.1) is 0 Å². The molecule has 0 saturated carbocycles. The number of hydrazone groups is 1. The maximum atomic E-state index is 13.6. The van der Waals surface area contributed by atoms with Crippen molar-refractivity contribution in [1.82, 2.24) is 19.8 Å². The van der Waals surface area contributed by atoms with Gasteiger partial charge in [0.15, 0.2) is 11.5 Å². The van der Waals surface area contributed by atoms with Crippen LogP contribution in [0.1, 0.15) is 44.5 Å². The summed E-state index contributed by atoms with van der Waals surface area (Å²) in [7, 11) is 3.51. The third-order valence-electron chi connectivity index (χ3n) is 5.85. The highest BCUT2D eigenvalue weighted by Crippen LogP contribution is 2.39. The number of fused-ring (bicyclic) bond motifs is 1. The van der Waals surface area contributed by atoms with Gasteiger partial charge in [-0.2, -0.15) is 5.10 Å². The molecule has 3 amide bonds. The molecule has 0 unspecified atom stereocenters. The van der Waals surface area contributed by atoms with Crippen LogP contribution in [0.4, 0.5) is 4.79 Å². The number of nitrogens with one attached hydrogen (secondary N) is 1. The summed E-state index contributed by atoms with van der Waals surface area (Å²) in [4.78, 5) is 28.0. The van der Waals surface area contributed by atoms with Gasteiger partial charge in [-0.15, -0.1) is 0 Å². The van der Waals surface area contributed by atoms with E-state index in [0.717, 1.165) is 17.0 Å². The Kier molecular flexibility index (Phi) is 7.02. The van der Waals surface area contributed by atoms with Gasteiger partial charge in [-0.1, -0.05) is 6.07 Å². The molecule has 1 aromatic heterocycles. The molecular formula is C25H33N5O5.